The summed E-state index contributed by atoms with van der Waals surface area (Å²) in [7, 11) is 0. The number of benzene rings is 1. The molecular formula is C18H21ClN2O4. The summed E-state index contributed by atoms with van der Waals surface area (Å²) < 4.78 is 5.68. The van der Waals surface area contributed by atoms with Crippen molar-refractivity contribution in [1.82, 2.24) is 9.88 Å². The van der Waals surface area contributed by atoms with Gasteiger partial charge in [-0.1, -0.05) is 23.7 Å². The highest BCUT2D eigenvalue weighted by Gasteiger charge is 2.19. The molecule has 0 aliphatic rings. The van der Waals surface area contributed by atoms with Crippen LogP contribution in [0.4, 0.5) is 0 Å². The van der Waals surface area contributed by atoms with E-state index in [4.69, 9.17) is 21.1 Å². The Hall–Kier alpha value is -2.34. The van der Waals surface area contributed by atoms with Gasteiger partial charge in [-0.3, -0.25) is 9.59 Å². The summed E-state index contributed by atoms with van der Waals surface area (Å²) in [5, 5.41) is 9.36. The third-order valence-corrected chi connectivity index (χ3v) is 4.09. The van der Waals surface area contributed by atoms with Crippen molar-refractivity contribution in [3.05, 3.63) is 41.4 Å². The number of carboxylic acid groups (broad SMARTS) is 1. The predicted octanol–water partition coefficient (Wildman–Crippen LogP) is 3.64. The maximum absolute atomic E-state index is 12.3. The zero-order chi connectivity index (χ0) is 18.4. The highest BCUT2D eigenvalue weighted by Crippen LogP contribution is 2.28. The lowest BCUT2D eigenvalue weighted by molar-refractivity contribution is -0.139. The van der Waals surface area contributed by atoms with E-state index in [0.29, 0.717) is 23.1 Å². The van der Waals surface area contributed by atoms with Crippen LogP contribution in [-0.2, 0) is 16.0 Å². The van der Waals surface area contributed by atoms with Gasteiger partial charge in [-0.2, -0.15) is 0 Å². The smallest absolute Gasteiger partial charge is 0.305 e. The highest BCUT2D eigenvalue weighted by molar-refractivity contribution is 6.33. The molecule has 0 radical (unpaired) electrons. The topological polar surface area (TPSA) is 83.6 Å². The molecule has 1 amide bonds. The molecule has 1 N–H and O–H groups in total. The van der Waals surface area contributed by atoms with Crippen LogP contribution in [0, 0.1) is 0 Å². The first-order chi connectivity index (χ1) is 11.9. The van der Waals surface area contributed by atoms with Crippen molar-refractivity contribution in [2.75, 3.05) is 6.54 Å². The minimum absolute atomic E-state index is 0.0601. The van der Waals surface area contributed by atoms with E-state index in [1.807, 2.05) is 32.0 Å². The van der Waals surface area contributed by atoms with Crippen LogP contribution in [0.1, 0.15) is 32.6 Å². The first-order valence-electron chi connectivity index (χ1n) is 8.09. The van der Waals surface area contributed by atoms with E-state index < -0.39 is 5.97 Å². The van der Waals surface area contributed by atoms with Gasteiger partial charge in [0.25, 0.3) is 0 Å². The number of nitrogens with zero attached hydrogens (tertiary/aromatic N) is 2. The monoisotopic (exact) mass is 364 g/mol. The number of carbonyl (C=O) groups is 2. The normalized spacial score (nSPS) is 10.9. The summed E-state index contributed by atoms with van der Waals surface area (Å²) in [5.41, 5.74) is 0.750. The molecule has 0 unspecified atom stereocenters. The molecule has 0 bridgehead atoms. The van der Waals surface area contributed by atoms with Crippen LogP contribution in [-0.4, -0.2) is 39.5 Å². The average molecular weight is 365 g/mol. The van der Waals surface area contributed by atoms with Crippen molar-refractivity contribution >= 4 is 23.5 Å². The van der Waals surface area contributed by atoms with E-state index in [1.165, 1.54) is 0 Å². The van der Waals surface area contributed by atoms with Crippen molar-refractivity contribution < 1.29 is 19.1 Å². The number of halogens is 1. The second-order valence-corrected chi connectivity index (χ2v) is 6.33. The van der Waals surface area contributed by atoms with Crippen molar-refractivity contribution in [2.45, 2.75) is 39.2 Å². The van der Waals surface area contributed by atoms with Gasteiger partial charge in [0, 0.05) is 31.0 Å². The van der Waals surface area contributed by atoms with Crippen LogP contribution >= 0.6 is 11.6 Å². The molecule has 0 spiro atoms. The average Bonchev–Trinajstić information content (AvgIpc) is 3.01. The van der Waals surface area contributed by atoms with E-state index in [9.17, 15) is 9.59 Å². The fourth-order valence-electron chi connectivity index (χ4n) is 2.46. The summed E-state index contributed by atoms with van der Waals surface area (Å²) >= 11 is 6.14. The molecule has 0 saturated heterocycles. The quantitative estimate of drug-likeness (QED) is 0.773. The Morgan fingerprint density at radius 2 is 2.00 bits per heavy atom. The molecule has 134 valence electrons. The molecular weight excluding hydrogens is 344 g/mol. The Balaban J connectivity index is 1.97. The Labute approximate surface area is 151 Å². The third-order valence-electron chi connectivity index (χ3n) is 3.76. The molecule has 1 heterocycles. The summed E-state index contributed by atoms with van der Waals surface area (Å²) in [5.74, 6) is -0.0332. The Morgan fingerprint density at radius 1 is 1.28 bits per heavy atom. The zero-order valence-corrected chi connectivity index (χ0v) is 15.0. The van der Waals surface area contributed by atoms with Crippen molar-refractivity contribution in [1.29, 1.82) is 0 Å². The summed E-state index contributed by atoms with van der Waals surface area (Å²) in [4.78, 5) is 28.8. The van der Waals surface area contributed by atoms with E-state index in [-0.39, 0.29) is 31.3 Å². The van der Waals surface area contributed by atoms with Gasteiger partial charge in [0.2, 0.25) is 5.91 Å². The van der Waals surface area contributed by atoms with Crippen molar-refractivity contribution in [3.8, 4) is 11.3 Å². The minimum Gasteiger partial charge on any atom is -0.481 e. The van der Waals surface area contributed by atoms with Crippen molar-refractivity contribution in [3.63, 3.8) is 0 Å². The van der Waals surface area contributed by atoms with Crippen LogP contribution in [0.3, 0.4) is 0 Å². The molecule has 2 aromatic rings. The van der Waals surface area contributed by atoms with Crippen LogP contribution in [0.25, 0.3) is 11.3 Å². The lowest BCUT2D eigenvalue weighted by Crippen LogP contribution is -2.38. The molecule has 0 aliphatic carbocycles. The fraction of sp³-hybridized carbons (Fsp3) is 0.389. The SMILES string of the molecule is CC(C)N(CCC(=O)O)C(=O)CCc1ncc(-c2ccccc2Cl)o1. The second kappa shape index (κ2) is 8.67. The maximum atomic E-state index is 12.3. The van der Waals surface area contributed by atoms with Crippen molar-refractivity contribution in [2.24, 2.45) is 0 Å². The Morgan fingerprint density at radius 3 is 2.64 bits per heavy atom. The van der Waals surface area contributed by atoms with E-state index >= 15 is 0 Å². The number of aliphatic carboxylic acids is 1. The largest absolute Gasteiger partial charge is 0.481 e. The number of aromatic nitrogens is 1. The highest BCUT2D eigenvalue weighted by atomic mass is 35.5. The molecule has 2 rings (SSSR count). The first-order valence-corrected chi connectivity index (χ1v) is 8.47. The number of carboxylic acids is 1. The van der Waals surface area contributed by atoms with Gasteiger partial charge in [-0.05, 0) is 26.0 Å². The zero-order valence-electron chi connectivity index (χ0n) is 14.2. The second-order valence-electron chi connectivity index (χ2n) is 5.92. The van der Waals surface area contributed by atoms with Crippen LogP contribution < -0.4 is 0 Å². The number of aryl methyl sites for hydroxylation is 1. The van der Waals surface area contributed by atoms with Gasteiger partial charge in [-0.25, -0.2) is 4.98 Å². The van der Waals surface area contributed by atoms with Crippen LogP contribution in [0.5, 0.6) is 0 Å². The van der Waals surface area contributed by atoms with Gasteiger partial charge >= 0.3 is 5.97 Å². The predicted molar refractivity (Wildman–Crippen MR) is 94.4 cm³/mol. The molecule has 7 heteroatoms. The minimum atomic E-state index is -0.921. The van der Waals surface area contributed by atoms with E-state index in [1.54, 1.807) is 17.2 Å². The standard InChI is InChI=1S/C18H21ClN2O4/c1-12(2)21(10-9-18(23)24)17(22)8-7-16-20-11-15(25-16)13-5-3-4-6-14(13)19/h3-6,11-12H,7-10H2,1-2H3,(H,23,24). The molecule has 0 fully saturated rings. The maximum Gasteiger partial charge on any atom is 0.305 e. The molecule has 1 aromatic heterocycles. The number of amides is 1. The number of rotatable bonds is 8. The molecule has 0 atom stereocenters. The summed E-state index contributed by atoms with van der Waals surface area (Å²) in [6, 6.07) is 7.24. The molecule has 0 aliphatic heterocycles. The molecule has 6 nitrogen and oxygen atoms in total. The van der Waals surface area contributed by atoms with Gasteiger partial charge in [0.15, 0.2) is 11.7 Å². The number of oxazole rings is 1. The van der Waals surface area contributed by atoms with Gasteiger partial charge in [0.1, 0.15) is 0 Å². The van der Waals surface area contributed by atoms with Crippen LogP contribution in [0.15, 0.2) is 34.9 Å². The lowest BCUT2D eigenvalue weighted by Gasteiger charge is -2.26. The fourth-order valence-corrected chi connectivity index (χ4v) is 2.68. The number of hydrogen-bond donors (Lipinski definition) is 1. The van der Waals surface area contributed by atoms with E-state index in [0.717, 1.165) is 5.56 Å². The molecule has 25 heavy (non-hydrogen) atoms. The molecule has 0 saturated carbocycles. The lowest BCUT2D eigenvalue weighted by atomic mass is 10.2. The van der Waals surface area contributed by atoms with Gasteiger partial charge in [-0.15, -0.1) is 0 Å². The summed E-state index contributed by atoms with van der Waals surface area (Å²) in [6.07, 6.45) is 2.07. The number of carbonyl (C=O) groups excluding carboxylic acids is 1. The Kier molecular flexibility index (Phi) is 6.58. The number of hydrogen-bond acceptors (Lipinski definition) is 4. The van der Waals surface area contributed by atoms with Gasteiger partial charge in [0.05, 0.1) is 17.6 Å². The van der Waals surface area contributed by atoms with E-state index in [2.05, 4.69) is 4.98 Å². The molecule has 1 aromatic carbocycles. The third kappa shape index (κ3) is 5.32. The summed E-state index contributed by atoms with van der Waals surface area (Å²) in [6.45, 7) is 3.92. The van der Waals surface area contributed by atoms with Crippen LogP contribution in [0.2, 0.25) is 5.02 Å². The van der Waals surface area contributed by atoms with Gasteiger partial charge < -0.3 is 14.4 Å². The first kappa shape index (κ1) is 19.0. The Bertz CT molecular complexity index is 742.